The topological polar surface area (TPSA) is 79.2 Å². The molecule has 0 radical (unpaired) electrons. The summed E-state index contributed by atoms with van der Waals surface area (Å²) in [5.41, 5.74) is 0. The van der Waals surface area contributed by atoms with E-state index >= 15 is 0 Å². The van der Waals surface area contributed by atoms with Gasteiger partial charge in [-0.2, -0.15) is 0 Å². The Kier molecular flexibility index (Phi) is 6.39. The third-order valence-corrected chi connectivity index (χ3v) is 10.4. The standard InChI is InChI=1S/C22H30O5Si/c1-22(2,3)28(16-10-6-4-7-11-16,17-12-8-5-9-13-17)26-15-19-21(25)18(23)14-20(24)27-19/h4-13,18-21,23-25H,14-15H2,1-3H3/t18-,19+,20-,21-/m0/s1. The van der Waals surface area contributed by atoms with E-state index in [1.807, 2.05) is 36.4 Å². The van der Waals surface area contributed by atoms with E-state index < -0.39 is 32.9 Å². The molecule has 2 aromatic rings. The van der Waals surface area contributed by atoms with Gasteiger partial charge in [0, 0.05) is 6.42 Å². The Labute approximate surface area is 167 Å². The van der Waals surface area contributed by atoms with Crippen LogP contribution >= 0.6 is 0 Å². The Hall–Kier alpha value is -1.54. The smallest absolute Gasteiger partial charge is 0.261 e. The van der Waals surface area contributed by atoms with Crippen molar-refractivity contribution in [1.29, 1.82) is 0 Å². The number of rotatable bonds is 5. The first kappa shape index (κ1) is 21.2. The van der Waals surface area contributed by atoms with Gasteiger partial charge >= 0.3 is 0 Å². The molecule has 28 heavy (non-hydrogen) atoms. The fraction of sp³-hybridized carbons (Fsp3) is 0.455. The summed E-state index contributed by atoms with van der Waals surface area (Å²) in [4.78, 5) is 0. The molecule has 0 aliphatic carbocycles. The average Bonchev–Trinajstić information content (AvgIpc) is 2.66. The quantitative estimate of drug-likeness (QED) is 0.659. The van der Waals surface area contributed by atoms with E-state index in [1.54, 1.807) is 0 Å². The Bertz CT molecular complexity index is 707. The predicted molar refractivity (Wildman–Crippen MR) is 111 cm³/mol. The Morgan fingerprint density at radius 1 is 0.929 bits per heavy atom. The summed E-state index contributed by atoms with van der Waals surface area (Å²) in [6, 6.07) is 20.4. The number of ether oxygens (including phenoxy) is 1. The van der Waals surface area contributed by atoms with E-state index in [4.69, 9.17) is 9.16 Å². The summed E-state index contributed by atoms with van der Waals surface area (Å²) in [6.45, 7) is 6.59. The lowest BCUT2D eigenvalue weighted by Gasteiger charge is -2.44. The molecule has 4 atom stereocenters. The predicted octanol–water partition coefficient (Wildman–Crippen LogP) is 1.39. The molecular formula is C22H30O5Si. The summed E-state index contributed by atoms with van der Waals surface area (Å²) in [5.74, 6) is 0. The largest absolute Gasteiger partial charge is 0.405 e. The van der Waals surface area contributed by atoms with Crippen LogP contribution in [0.5, 0.6) is 0 Å². The van der Waals surface area contributed by atoms with Gasteiger partial charge in [0.25, 0.3) is 8.32 Å². The third-order valence-electron chi connectivity index (χ3n) is 5.43. The summed E-state index contributed by atoms with van der Waals surface area (Å²) in [5, 5.41) is 32.3. The van der Waals surface area contributed by atoms with Gasteiger partial charge in [0.05, 0.1) is 12.7 Å². The summed E-state index contributed by atoms with van der Waals surface area (Å²) >= 11 is 0. The molecule has 0 aromatic heterocycles. The Morgan fingerprint density at radius 3 is 1.89 bits per heavy atom. The van der Waals surface area contributed by atoms with E-state index in [2.05, 4.69) is 45.0 Å². The second kappa shape index (κ2) is 8.45. The first-order chi connectivity index (χ1) is 13.3. The number of aliphatic hydroxyl groups excluding tert-OH is 3. The molecule has 5 nitrogen and oxygen atoms in total. The zero-order valence-corrected chi connectivity index (χ0v) is 17.7. The van der Waals surface area contributed by atoms with Gasteiger partial charge in [0.2, 0.25) is 0 Å². The van der Waals surface area contributed by atoms with Gasteiger partial charge in [-0.1, -0.05) is 81.4 Å². The number of benzene rings is 2. The maximum Gasteiger partial charge on any atom is 0.261 e. The van der Waals surface area contributed by atoms with Crippen molar-refractivity contribution in [1.82, 2.24) is 0 Å². The van der Waals surface area contributed by atoms with Crippen molar-refractivity contribution in [3.05, 3.63) is 60.7 Å². The van der Waals surface area contributed by atoms with Crippen molar-refractivity contribution in [3.63, 3.8) is 0 Å². The molecule has 1 saturated heterocycles. The normalized spacial score (nSPS) is 26.2. The molecule has 2 aromatic carbocycles. The second-order valence-electron chi connectivity index (χ2n) is 8.40. The highest BCUT2D eigenvalue weighted by molar-refractivity contribution is 6.99. The first-order valence-corrected chi connectivity index (χ1v) is 11.6. The number of hydrogen-bond donors (Lipinski definition) is 3. The van der Waals surface area contributed by atoms with Gasteiger partial charge < -0.3 is 24.5 Å². The lowest BCUT2D eigenvalue weighted by Crippen LogP contribution is -2.67. The molecule has 1 heterocycles. The third kappa shape index (κ3) is 4.08. The zero-order valence-electron chi connectivity index (χ0n) is 16.7. The molecule has 0 amide bonds. The highest BCUT2D eigenvalue weighted by atomic mass is 28.4. The van der Waals surface area contributed by atoms with Gasteiger partial charge in [0.1, 0.15) is 12.2 Å². The van der Waals surface area contributed by atoms with Crippen LogP contribution in [0.3, 0.4) is 0 Å². The van der Waals surface area contributed by atoms with E-state index in [0.29, 0.717) is 0 Å². The van der Waals surface area contributed by atoms with Crippen molar-refractivity contribution >= 4 is 18.7 Å². The molecular weight excluding hydrogens is 372 g/mol. The van der Waals surface area contributed by atoms with Gasteiger partial charge in [-0.05, 0) is 15.4 Å². The molecule has 152 valence electrons. The first-order valence-electron chi connectivity index (χ1n) is 9.70. The highest BCUT2D eigenvalue weighted by Crippen LogP contribution is 2.37. The van der Waals surface area contributed by atoms with E-state index in [-0.39, 0.29) is 18.1 Å². The van der Waals surface area contributed by atoms with Crippen LogP contribution < -0.4 is 10.4 Å². The van der Waals surface area contributed by atoms with Crippen LogP contribution in [0.1, 0.15) is 27.2 Å². The highest BCUT2D eigenvalue weighted by Gasteiger charge is 2.51. The van der Waals surface area contributed by atoms with Crippen LogP contribution in [0.4, 0.5) is 0 Å². The molecule has 1 fully saturated rings. The van der Waals surface area contributed by atoms with Crippen LogP contribution in [0, 0.1) is 0 Å². The zero-order chi connectivity index (χ0) is 20.4. The maximum atomic E-state index is 10.3. The molecule has 6 heteroatoms. The molecule has 0 unspecified atom stereocenters. The van der Waals surface area contributed by atoms with Gasteiger partial charge in [-0.15, -0.1) is 0 Å². The minimum atomic E-state index is -2.76. The minimum absolute atomic E-state index is 0.00310. The van der Waals surface area contributed by atoms with E-state index in [1.165, 1.54) is 0 Å². The maximum absolute atomic E-state index is 10.3. The Morgan fingerprint density at radius 2 is 1.43 bits per heavy atom. The summed E-state index contributed by atoms with van der Waals surface area (Å²) in [6.07, 6.45) is -4.03. The second-order valence-corrected chi connectivity index (χ2v) is 12.7. The van der Waals surface area contributed by atoms with Crippen molar-refractivity contribution in [2.24, 2.45) is 0 Å². The Balaban J connectivity index is 2.01. The molecule has 3 N–H and O–H groups in total. The van der Waals surface area contributed by atoms with Crippen LogP contribution in [0.25, 0.3) is 0 Å². The SMILES string of the molecule is CC(C)(C)[Si](OC[C@H]1O[C@H](O)C[C@H](O)[C@@H]1O)(c1ccccc1)c1ccccc1. The summed E-state index contributed by atoms with van der Waals surface area (Å²) < 4.78 is 12.2. The summed E-state index contributed by atoms with van der Waals surface area (Å²) in [7, 11) is -2.76. The number of hydrogen-bond acceptors (Lipinski definition) is 5. The molecule has 0 bridgehead atoms. The molecule has 0 saturated carbocycles. The van der Waals surface area contributed by atoms with Crippen molar-refractivity contribution < 1.29 is 24.5 Å². The van der Waals surface area contributed by atoms with Crippen LogP contribution in [-0.4, -0.2) is 54.8 Å². The van der Waals surface area contributed by atoms with Crippen LogP contribution in [0.2, 0.25) is 5.04 Å². The number of aliphatic hydroxyl groups is 3. The van der Waals surface area contributed by atoms with Crippen molar-refractivity contribution in [2.45, 2.75) is 56.8 Å². The van der Waals surface area contributed by atoms with Gasteiger partial charge in [-0.3, -0.25) is 0 Å². The lowest BCUT2D eigenvalue weighted by atomic mass is 10.0. The molecule has 0 spiro atoms. The monoisotopic (exact) mass is 402 g/mol. The van der Waals surface area contributed by atoms with Crippen LogP contribution in [-0.2, 0) is 9.16 Å². The van der Waals surface area contributed by atoms with Gasteiger partial charge in [0.15, 0.2) is 6.29 Å². The van der Waals surface area contributed by atoms with Gasteiger partial charge in [-0.25, -0.2) is 0 Å². The average molecular weight is 403 g/mol. The fourth-order valence-electron chi connectivity index (χ4n) is 4.04. The van der Waals surface area contributed by atoms with Crippen molar-refractivity contribution in [2.75, 3.05) is 6.61 Å². The fourth-order valence-corrected chi connectivity index (χ4v) is 8.61. The molecule has 3 rings (SSSR count). The minimum Gasteiger partial charge on any atom is -0.405 e. The van der Waals surface area contributed by atoms with E-state index in [9.17, 15) is 15.3 Å². The molecule has 1 aliphatic heterocycles. The lowest BCUT2D eigenvalue weighted by molar-refractivity contribution is -0.238. The van der Waals surface area contributed by atoms with Crippen molar-refractivity contribution in [3.8, 4) is 0 Å². The molecule has 1 aliphatic rings. The van der Waals surface area contributed by atoms with E-state index in [0.717, 1.165) is 10.4 Å². The van der Waals surface area contributed by atoms with Crippen LogP contribution in [0.15, 0.2) is 60.7 Å².